The van der Waals surface area contributed by atoms with Crippen LogP contribution in [0.2, 0.25) is 0 Å². The van der Waals surface area contributed by atoms with E-state index >= 15 is 0 Å². The Morgan fingerprint density at radius 3 is 2.36 bits per heavy atom. The van der Waals surface area contributed by atoms with Crippen LogP contribution in [-0.2, 0) is 24.3 Å². The van der Waals surface area contributed by atoms with Gasteiger partial charge in [-0.1, -0.05) is 50.5 Å². The summed E-state index contributed by atoms with van der Waals surface area (Å²) in [5, 5.41) is 10.2. The molecule has 0 bridgehead atoms. The fraction of sp³-hybridized carbons (Fsp3) is 0.444. The fourth-order valence-corrected chi connectivity index (χ4v) is 5.71. The molecule has 1 saturated heterocycles. The molecule has 6 heteroatoms. The maximum absolute atomic E-state index is 12.9. The molecule has 3 amide bonds. The predicted molar refractivity (Wildman–Crippen MR) is 123 cm³/mol. The zero-order valence-corrected chi connectivity index (χ0v) is 19.2. The van der Waals surface area contributed by atoms with Crippen molar-refractivity contribution in [3.63, 3.8) is 0 Å². The molecule has 0 saturated carbocycles. The van der Waals surface area contributed by atoms with Crippen LogP contribution < -0.4 is 0 Å². The maximum Gasteiger partial charge on any atom is 0.261 e. The molecule has 0 unspecified atom stereocenters. The molecule has 5 rings (SSSR count). The number of fused-ring (bicyclic) bond motifs is 4. The molecule has 172 valence electrons. The van der Waals surface area contributed by atoms with E-state index in [0.717, 1.165) is 36.8 Å². The Hall–Kier alpha value is -2.99. The molecule has 0 aromatic heterocycles. The highest BCUT2D eigenvalue weighted by Gasteiger charge is 2.54. The summed E-state index contributed by atoms with van der Waals surface area (Å²) in [5.41, 5.74) is 5.26. The number of unbranched alkanes of at least 4 members (excludes halogenated alkanes) is 3. The lowest BCUT2D eigenvalue weighted by molar-refractivity contribution is -0.163. The van der Waals surface area contributed by atoms with Crippen LogP contribution in [0.25, 0.3) is 0 Å². The van der Waals surface area contributed by atoms with Crippen molar-refractivity contribution in [1.29, 1.82) is 0 Å². The fourth-order valence-electron chi connectivity index (χ4n) is 5.71. The van der Waals surface area contributed by atoms with E-state index in [9.17, 15) is 19.5 Å². The first-order valence-electron chi connectivity index (χ1n) is 12.0. The molecular formula is C27H30N2O4. The molecule has 0 spiro atoms. The quantitative estimate of drug-likeness (QED) is 0.378. The molecule has 1 fully saturated rings. The lowest BCUT2D eigenvalue weighted by atomic mass is 9.79. The van der Waals surface area contributed by atoms with Crippen molar-refractivity contribution in [3.05, 3.63) is 69.8 Å². The van der Waals surface area contributed by atoms with E-state index < -0.39 is 6.10 Å². The van der Waals surface area contributed by atoms with Crippen LogP contribution in [0.4, 0.5) is 0 Å². The zero-order chi connectivity index (χ0) is 23.3. The highest BCUT2D eigenvalue weighted by molar-refractivity contribution is 6.21. The van der Waals surface area contributed by atoms with Gasteiger partial charge in [0, 0.05) is 6.54 Å². The summed E-state index contributed by atoms with van der Waals surface area (Å²) < 4.78 is 0. The maximum atomic E-state index is 12.9. The Kier molecular flexibility index (Phi) is 5.57. The van der Waals surface area contributed by atoms with E-state index in [-0.39, 0.29) is 36.2 Å². The standard InChI is InChI=1S/C27H30N2O4/c1-3-4-5-6-9-18-12-17(14-29-25(31)20-10-7-8-11-21(20)26(29)32)13-19-15-28-24(23(18)19)22(16(2)30)27(28)33/h7-8,10-13,16,22,24,30H,3-6,9,14-15H2,1-2H3/t16-,22-,24+/m1/s1. The molecule has 2 aromatic rings. The van der Waals surface area contributed by atoms with E-state index in [1.54, 1.807) is 31.2 Å². The van der Waals surface area contributed by atoms with Crippen molar-refractivity contribution in [2.75, 3.05) is 0 Å². The van der Waals surface area contributed by atoms with Gasteiger partial charge >= 0.3 is 0 Å². The molecule has 3 heterocycles. The van der Waals surface area contributed by atoms with Gasteiger partial charge in [-0.3, -0.25) is 19.3 Å². The van der Waals surface area contributed by atoms with Crippen molar-refractivity contribution in [1.82, 2.24) is 9.80 Å². The topological polar surface area (TPSA) is 77.9 Å². The lowest BCUT2D eigenvalue weighted by Crippen LogP contribution is -2.55. The lowest BCUT2D eigenvalue weighted by Gasteiger charge is -2.44. The molecule has 1 N–H and O–H groups in total. The van der Waals surface area contributed by atoms with Crippen molar-refractivity contribution in [3.8, 4) is 0 Å². The van der Waals surface area contributed by atoms with Crippen LogP contribution in [0, 0.1) is 5.92 Å². The minimum atomic E-state index is -0.685. The van der Waals surface area contributed by atoms with E-state index in [1.807, 2.05) is 11.0 Å². The second kappa shape index (κ2) is 8.41. The number of benzene rings is 2. The number of carbonyl (C=O) groups excluding carboxylic acids is 3. The first-order valence-corrected chi connectivity index (χ1v) is 12.0. The summed E-state index contributed by atoms with van der Waals surface area (Å²) in [6.45, 7) is 4.63. The molecular weight excluding hydrogens is 416 g/mol. The first kappa shape index (κ1) is 21.8. The number of hydrogen-bond acceptors (Lipinski definition) is 4. The molecule has 33 heavy (non-hydrogen) atoms. The number of imide groups is 1. The van der Waals surface area contributed by atoms with Crippen LogP contribution in [0.1, 0.15) is 88.5 Å². The third kappa shape index (κ3) is 3.48. The van der Waals surface area contributed by atoms with Gasteiger partial charge in [-0.25, -0.2) is 0 Å². The Bertz CT molecular complexity index is 1100. The average Bonchev–Trinajstić information content (AvgIpc) is 3.24. The molecule has 3 aliphatic rings. The van der Waals surface area contributed by atoms with E-state index in [2.05, 4.69) is 13.0 Å². The normalized spacial score (nSPS) is 21.7. The third-order valence-corrected chi connectivity index (χ3v) is 7.33. The summed E-state index contributed by atoms with van der Waals surface area (Å²) in [4.78, 5) is 41.5. The highest BCUT2D eigenvalue weighted by atomic mass is 16.3. The van der Waals surface area contributed by atoms with Crippen LogP contribution in [0.5, 0.6) is 0 Å². The monoisotopic (exact) mass is 446 g/mol. The molecule has 2 aromatic carbocycles. The average molecular weight is 447 g/mol. The first-order chi connectivity index (χ1) is 15.9. The van der Waals surface area contributed by atoms with Crippen LogP contribution in [-0.4, -0.2) is 38.7 Å². The van der Waals surface area contributed by atoms with Crippen molar-refractivity contribution in [2.45, 2.75) is 71.2 Å². The molecule has 6 nitrogen and oxygen atoms in total. The number of rotatable bonds is 8. The molecule has 3 atom stereocenters. The van der Waals surface area contributed by atoms with Gasteiger partial charge in [-0.2, -0.15) is 0 Å². The highest BCUT2D eigenvalue weighted by Crippen LogP contribution is 2.50. The zero-order valence-electron chi connectivity index (χ0n) is 19.2. The number of nitrogens with zero attached hydrogens (tertiary/aromatic N) is 2. The molecule has 0 radical (unpaired) electrons. The Morgan fingerprint density at radius 1 is 1.03 bits per heavy atom. The van der Waals surface area contributed by atoms with Gasteiger partial charge in [-0.15, -0.1) is 0 Å². The van der Waals surface area contributed by atoms with Gasteiger partial charge in [0.2, 0.25) is 5.91 Å². The summed E-state index contributed by atoms with van der Waals surface area (Å²) in [7, 11) is 0. The number of amides is 3. The van der Waals surface area contributed by atoms with Crippen molar-refractivity contribution >= 4 is 17.7 Å². The molecule has 0 aliphatic carbocycles. The van der Waals surface area contributed by atoms with Gasteiger partial charge in [-0.05, 0) is 54.2 Å². The second-order valence-corrected chi connectivity index (χ2v) is 9.56. The minimum absolute atomic E-state index is 0.00466. The van der Waals surface area contributed by atoms with Gasteiger partial charge in [0.25, 0.3) is 11.8 Å². The number of hydrogen-bond donors (Lipinski definition) is 1. The summed E-state index contributed by atoms with van der Waals surface area (Å²) in [5.74, 6) is -0.893. The second-order valence-electron chi connectivity index (χ2n) is 9.56. The van der Waals surface area contributed by atoms with Gasteiger partial charge in [0.05, 0.1) is 35.7 Å². The number of aryl methyl sites for hydroxylation is 1. The smallest absolute Gasteiger partial charge is 0.261 e. The largest absolute Gasteiger partial charge is 0.392 e. The number of carbonyl (C=O) groups is 3. The third-order valence-electron chi connectivity index (χ3n) is 7.33. The summed E-state index contributed by atoms with van der Waals surface area (Å²) in [6, 6.07) is 11.0. The van der Waals surface area contributed by atoms with Gasteiger partial charge in [0.15, 0.2) is 0 Å². The van der Waals surface area contributed by atoms with E-state index in [1.165, 1.54) is 22.4 Å². The molecule has 3 aliphatic heterocycles. The summed E-state index contributed by atoms with van der Waals surface area (Å²) >= 11 is 0. The Morgan fingerprint density at radius 2 is 1.73 bits per heavy atom. The van der Waals surface area contributed by atoms with Crippen molar-refractivity contribution < 1.29 is 19.5 Å². The SMILES string of the molecule is CCCCCCc1cc(CN2C(=O)c3ccccc3C2=O)cc2c1[C@@H]1[C@@H]([C@@H](C)O)C(=O)N1C2. The summed E-state index contributed by atoms with van der Waals surface area (Å²) in [6.07, 6.45) is 4.74. The van der Waals surface area contributed by atoms with Gasteiger partial charge < -0.3 is 10.0 Å². The van der Waals surface area contributed by atoms with Crippen LogP contribution in [0.15, 0.2) is 36.4 Å². The Labute approximate surface area is 194 Å². The number of aliphatic hydroxyl groups excluding tert-OH is 1. The predicted octanol–water partition coefficient (Wildman–Crippen LogP) is 4.00. The minimum Gasteiger partial charge on any atom is -0.392 e. The van der Waals surface area contributed by atoms with E-state index in [0.29, 0.717) is 17.7 Å². The van der Waals surface area contributed by atoms with Crippen LogP contribution >= 0.6 is 0 Å². The van der Waals surface area contributed by atoms with Gasteiger partial charge in [0.1, 0.15) is 0 Å². The number of β-lactam (4-membered cyclic amide) rings is 1. The number of aliphatic hydroxyl groups is 1. The Balaban J connectivity index is 1.46. The van der Waals surface area contributed by atoms with Crippen LogP contribution in [0.3, 0.4) is 0 Å². The van der Waals surface area contributed by atoms with Crippen molar-refractivity contribution in [2.24, 2.45) is 5.92 Å². The van der Waals surface area contributed by atoms with E-state index in [4.69, 9.17) is 0 Å².